The highest BCUT2D eigenvalue weighted by Gasteiger charge is 2.26. The van der Waals surface area contributed by atoms with Crippen LogP contribution in [0, 0.1) is 11.8 Å². The van der Waals surface area contributed by atoms with Crippen molar-refractivity contribution in [2.24, 2.45) is 11.8 Å². The summed E-state index contributed by atoms with van der Waals surface area (Å²) >= 11 is 0. The molecule has 2 rings (SSSR count). The molecule has 2 aliphatic rings. The second-order valence-corrected chi connectivity index (χ2v) is 7.47. The van der Waals surface area contributed by atoms with Gasteiger partial charge in [0.05, 0.1) is 5.75 Å². The first-order valence-corrected chi connectivity index (χ1v) is 8.43. The van der Waals surface area contributed by atoms with E-state index in [1.165, 1.54) is 19.3 Å². The van der Waals surface area contributed by atoms with Crippen molar-refractivity contribution < 1.29 is 8.42 Å². The number of halogens is 1. The van der Waals surface area contributed by atoms with Crippen molar-refractivity contribution in [1.29, 1.82) is 0 Å². The highest BCUT2D eigenvalue weighted by molar-refractivity contribution is 7.89. The molecular formula is C12H25ClN2O2S. The van der Waals surface area contributed by atoms with E-state index in [1.807, 2.05) is 0 Å². The van der Waals surface area contributed by atoms with Crippen LogP contribution in [-0.2, 0) is 10.0 Å². The second-order valence-electron chi connectivity index (χ2n) is 5.60. The zero-order chi connectivity index (χ0) is 12.3. The van der Waals surface area contributed by atoms with Gasteiger partial charge in [-0.15, -0.1) is 12.4 Å². The lowest BCUT2D eigenvalue weighted by Crippen LogP contribution is -2.48. The fraction of sp³-hybridized carbons (Fsp3) is 1.00. The third-order valence-corrected chi connectivity index (χ3v) is 5.57. The molecule has 2 N–H and O–H groups in total. The SMILES string of the molecule is CC1CNCCC1NS(=O)(=O)CCC1CCC1.Cl. The first-order chi connectivity index (χ1) is 8.07. The van der Waals surface area contributed by atoms with Crippen LogP contribution in [0.1, 0.15) is 39.0 Å². The Morgan fingerprint density at radius 3 is 2.56 bits per heavy atom. The average molecular weight is 297 g/mol. The third kappa shape index (κ3) is 4.68. The fourth-order valence-electron chi connectivity index (χ4n) is 2.58. The van der Waals surface area contributed by atoms with E-state index >= 15 is 0 Å². The van der Waals surface area contributed by atoms with Crippen molar-refractivity contribution in [3.63, 3.8) is 0 Å². The van der Waals surface area contributed by atoms with E-state index in [1.54, 1.807) is 0 Å². The number of piperidine rings is 1. The summed E-state index contributed by atoms with van der Waals surface area (Å²) in [5, 5.41) is 3.28. The van der Waals surface area contributed by atoms with Gasteiger partial charge >= 0.3 is 0 Å². The van der Waals surface area contributed by atoms with Gasteiger partial charge in [0.25, 0.3) is 0 Å². The summed E-state index contributed by atoms with van der Waals surface area (Å²) < 4.78 is 26.8. The zero-order valence-electron chi connectivity index (χ0n) is 11.0. The zero-order valence-corrected chi connectivity index (χ0v) is 12.7. The lowest BCUT2D eigenvalue weighted by atomic mass is 9.84. The number of rotatable bonds is 5. The summed E-state index contributed by atoms with van der Waals surface area (Å²) in [6.07, 6.45) is 5.47. The summed E-state index contributed by atoms with van der Waals surface area (Å²) in [5.41, 5.74) is 0. The van der Waals surface area contributed by atoms with Crippen LogP contribution in [0.3, 0.4) is 0 Å². The fourth-order valence-corrected chi connectivity index (χ4v) is 4.15. The molecule has 0 spiro atoms. The number of nitrogens with one attached hydrogen (secondary N) is 2. The molecule has 2 atom stereocenters. The maximum atomic E-state index is 12.0. The Morgan fingerprint density at radius 1 is 1.28 bits per heavy atom. The molecule has 0 amide bonds. The van der Waals surface area contributed by atoms with Gasteiger partial charge in [-0.05, 0) is 37.8 Å². The van der Waals surface area contributed by atoms with Gasteiger partial charge in [0.2, 0.25) is 10.0 Å². The molecule has 1 saturated heterocycles. The third-order valence-electron chi connectivity index (χ3n) is 4.14. The van der Waals surface area contributed by atoms with Crippen molar-refractivity contribution in [3.05, 3.63) is 0 Å². The van der Waals surface area contributed by atoms with Gasteiger partial charge in [0, 0.05) is 6.04 Å². The molecule has 108 valence electrons. The van der Waals surface area contributed by atoms with Crippen molar-refractivity contribution in [2.75, 3.05) is 18.8 Å². The Labute approximate surface area is 117 Å². The van der Waals surface area contributed by atoms with Crippen LogP contribution in [0.25, 0.3) is 0 Å². The molecule has 1 aliphatic carbocycles. The molecule has 0 aromatic carbocycles. The molecule has 0 aromatic heterocycles. The monoisotopic (exact) mass is 296 g/mol. The Morgan fingerprint density at radius 2 is 2.00 bits per heavy atom. The lowest BCUT2D eigenvalue weighted by molar-refractivity contribution is 0.304. The molecule has 0 aromatic rings. The number of hydrogen-bond acceptors (Lipinski definition) is 3. The van der Waals surface area contributed by atoms with Gasteiger partial charge in [-0.2, -0.15) is 0 Å². The molecule has 2 unspecified atom stereocenters. The molecule has 6 heteroatoms. The van der Waals surface area contributed by atoms with Crippen molar-refractivity contribution in [2.45, 2.75) is 45.1 Å². The van der Waals surface area contributed by atoms with E-state index in [9.17, 15) is 8.42 Å². The van der Waals surface area contributed by atoms with Crippen LogP contribution in [0.15, 0.2) is 0 Å². The Hall–Kier alpha value is 0.160. The van der Waals surface area contributed by atoms with Crippen LogP contribution >= 0.6 is 12.4 Å². The first kappa shape index (κ1) is 16.2. The standard InChI is InChI=1S/C12H24N2O2S.ClH/c1-10-9-13-7-5-12(10)14-17(15,16)8-6-11-3-2-4-11;/h10-14H,2-9H2,1H3;1H. The summed E-state index contributed by atoms with van der Waals surface area (Å²) in [6.45, 7) is 3.93. The summed E-state index contributed by atoms with van der Waals surface area (Å²) in [4.78, 5) is 0. The van der Waals surface area contributed by atoms with E-state index < -0.39 is 10.0 Å². The summed E-state index contributed by atoms with van der Waals surface area (Å²) in [6, 6.07) is 0.127. The van der Waals surface area contributed by atoms with E-state index in [0.717, 1.165) is 25.9 Å². The van der Waals surface area contributed by atoms with Gasteiger partial charge in [0.1, 0.15) is 0 Å². The minimum absolute atomic E-state index is 0. The normalized spacial score (nSPS) is 29.4. The molecular weight excluding hydrogens is 272 g/mol. The average Bonchev–Trinajstić information content (AvgIpc) is 2.18. The minimum Gasteiger partial charge on any atom is -0.316 e. The molecule has 0 radical (unpaired) electrons. The number of sulfonamides is 1. The van der Waals surface area contributed by atoms with Crippen LogP contribution in [0.4, 0.5) is 0 Å². The van der Waals surface area contributed by atoms with Crippen LogP contribution in [-0.4, -0.2) is 33.3 Å². The minimum atomic E-state index is -3.06. The van der Waals surface area contributed by atoms with E-state index in [0.29, 0.717) is 17.6 Å². The Bertz CT molecular complexity index is 344. The molecule has 2 fully saturated rings. The maximum absolute atomic E-state index is 12.0. The van der Waals surface area contributed by atoms with Crippen LogP contribution in [0.2, 0.25) is 0 Å². The van der Waals surface area contributed by atoms with Gasteiger partial charge in [-0.3, -0.25) is 0 Å². The molecule has 0 bridgehead atoms. The van der Waals surface area contributed by atoms with E-state index in [4.69, 9.17) is 0 Å². The van der Waals surface area contributed by atoms with Crippen molar-refractivity contribution in [3.8, 4) is 0 Å². The van der Waals surface area contributed by atoms with Crippen molar-refractivity contribution in [1.82, 2.24) is 10.0 Å². The first-order valence-electron chi connectivity index (χ1n) is 6.77. The molecule has 4 nitrogen and oxygen atoms in total. The Balaban J connectivity index is 0.00000162. The van der Waals surface area contributed by atoms with Crippen LogP contribution < -0.4 is 10.0 Å². The van der Waals surface area contributed by atoms with Crippen molar-refractivity contribution >= 4 is 22.4 Å². The predicted molar refractivity (Wildman–Crippen MR) is 76.6 cm³/mol. The molecule has 1 aliphatic heterocycles. The summed E-state index contributed by atoms with van der Waals surface area (Å²) in [7, 11) is -3.06. The second kappa shape index (κ2) is 7.08. The van der Waals surface area contributed by atoms with Gasteiger partial charge in [-0.25, -0.2) is 13.1 Å². The largest absolute Gasteiger partial charge is 0.316 e. The quantitative estimate of drug-likeness (QED) is 0.809. The van der Waals surface area contributed by atoms with Gasteiger partial charge < -0.3 is 5.32 Å². The smallest absolute Gasteiger partial charge is 0.211 e. The van der Waals surface area contributed by atoms with Gasteiger partial charge in [-0.1, -0.05) is 26.2 Å². The molecule has 18 heavy (non-hydrogen) atoms. The number of hydrogen-bond donors (Lipinski definition) is 2. The van der Waals surface area contributed by atoms with E-state index in [2.05, 4.69) is 17.0 Å². The highest BCUT2D eigenvalue weighted by atomic mass is 35.5. The topological polar surface area (TPSA) is 58.2 Å². The predicted octanol–water partition coefficient (Wildman–Crippen LogP) is 1.52. The van der Waals surface area contributed by atoms with Gasteiger partial charge in [0.15, 0.2) is 0 Å². The molecule has 1 heterocycles. The maximum Gasteiger partial charge on any atom is 0.211 e. The van der Waals surface area contributed by atoms with Crippen LogP contribution in [0.5, 0.6) is 0 Å². The molecule has 1 saturated carbocycles. The Kier molecular flexibility index (Phi) is 6.38. The lowest BCUT2D eigenvalue weighted by Gasteiger charge is -2.30. The van der Waals surface area contributed by atoms with E-state index in [-0.39, 0.29) is 18.4 Å². The summed E-state index contributed by atoms with van der Waals surface area (Å²) in [5.74, 6) is 1.37. The highest BCUT2D eigenvalue weighted by Crippen LogP contribution is 2.29.